The molecule has 6 heteroatoms. The molecule has 0 aliphatic heterocycles. The first-order chi connectivity index (χ1) is 10.9. The number of amides is 2. The van der Waals surface area contributed by atoms with Gasteiger partial charge in [-0.05, 0) is 49.3 Å². The van der Waals surface area contributed by atoms with Crippen molar-refractivity contribution in [2.24, 2.45) is 5.92 Å². The van der Waals surface area contributed by atoms with E-state index in [-0.39, 0.29) is 6.03 Å². The Hall–Kier alpha value is -1.82. The zero-order chi connectivity index (χ0) is 16.7. The number of hydrogen-bond donors (Lipinski definition) is 2. The van der Waals surface area contributed by atoms with Crippen LogP contribution in [-0.2, 0) is 16.3 Å². The number of sulfone groups is 1. The van der Waals surface area contributed by atoms with Crippen molar-refractivity contribution in [2.75, 3.05) is 19.3 Å². The maximum atomic E-state index is 11.7. The summed E-state index contributed by atoms with van der Waals surface area (Å²) in [6, 6.07) is 6.62. The molecule has 0 saturated heterocycles. The summed E-state index contributed by atoms with van der Waals surface area (Å²) in [4.78, 5) is 12.1. The van der Waals surface area contributed by atoms with Gasteiger partial charge in [0.25, 0.3) is 0 Å². The molecule has 0 saturated carbocycles. The summed E-state index contributed by atoms with van der Waals surface area (Å²) in [6.07, 6.45) is 9.48. The number of nitrogens with one attached hydrogen (secondary N) is 2. The van der Waals surface area contributed by atoms with Gasteiger partial charge in [-0.1, -0.05) is 24.3 Å². The molecule has 0 aromatic heterocycles. The Kier molecular flexibility index (Phi) is 6.21. The highest BCUT2D eigenvalue weighted by atomic mass is 32.2. The lowest BCUT2D eigenvalue weighted by atomic mass is 9.94. The number of rotatable bonds is 6. The first kappa shape index (κ1) is 17.5. The van der Waals surface area contributed by atoms with Crippen molar-refractivity contribution in [3.05, 3.63) is 42.0 Å². The second-order valence-electron chi connectivity index (χ2n) is 5.95. The van der Waals surface area contributed by atoms with Gasteiger partial charge in [0.1, 0.15) is 0 Å². The van der Waals surface area contributed by atoms with E-state index in [0.717, 1.165) is 24.8 Å². The topological polar surface area (TPSA) is 75.3 Å². The molecule has 5 nitrogen and oxygen atoms in total. The van der Waals surface area contributed by atoms with Crippen LogP contribution in [0.25, 0.3) is 0 Å². The van der Waals surface area contributed by atoms with E-state index < -0.39 is 9.84 Å². The van der Waals surface area contributed by atoms with E-state index in [0.29, 0.717) is 30.3 Å². The van der Waals surface area contributed by atoms with Crippen LogP contribution in [0, 0.1) is 5.92 Å². The van der Waals surface area contributed by atoms with Crippen molar-refractivity contribution in [3.63, 3.8) is 0 Å². The number of hydrogen-bond acceptors (Lipinski definition) is 3. The molecule has 0 heterocycles. The largest absolute Gasteiger partial charge is 0.338 e. The Morgan fingerprint density at radius 3 is 2.52 bits per heavy atom. The average Bonchev–Trinajstić information content (AvgIpc) is 2.53. The van der Waals surface area contributed by atoms with E-state index in [9.17, 15) is 13.2 Å². The van der Waals surface area contributed by atoms with E-state index >= 15 is 0 Å². The fraction of sp³-hybridized carbons (Fsp3) is 0.471. The maximum Gasteiger partial charge on any atom is 0.314 e. The minimum absolute atomic E-state index is 0.146. The molecule has 23 heavy (non-hydrogen) atoms. The summed E-state index contributed by atoms with van der Waals surface area (Å²) in [5.41, 5.74) is 0.995. The normalized spacial score (nSPS) is 17.7. The number of carbonyl (C=O) groups excluding carboxylic acids is 1. The van der Waals surface area contributed by atoms with Gasteiger partial charge in [0.05, 0.1) is 4.90 Å². The fourth-order valence-corrected chi connectivity index (χ4v) is 3.20. The van der Waals surface area contributed by atoms with Gasteiger partial charge in [0.2, 0.25) is 0 Å². The van der Waals surface area contributed by atoms with Crippen molar-refractivity contribution in [2.45, 2.75) is 30.6 Å². The second-order valence-corrected chi connectivity index (χ2v) is 7.97. The predicted octanol–water partition coefficient (Wildman–Crippen LogP) is 2.29. The van der Waals surface area contributed by atoms with Gasteiger partial charge in [-0.25, -0.2) is 13.2 Å². The molecule has 0 radical (unpaired) electrons. The van der Waals surface area contributed by atoms with Gasteiger partial charge < -0.3 is 10.6 Å². The third-order valence-corrected chi connectivity index (χ3v) is 5.11. The van der Waals surface area contributed by atoms with E-state index in [1.807, 2.05) is 0 Å². The van der Waals surface area contributed by atoms with Crippen LogP contribution >= 0.6 is 0 Å². The summed E-state index contributed by atoms with van der Waals surface area (Å²) in [5, 5.41) is 5.73. The standard InChI is InChI=1S/C17H24N2O3S/c1-23(21,22)16-9-7-14(8-10-16)11-12-18-17(20)19-13-15-5-3-2-4-6-15/h2-3,7-10,15H,4-6,11-13H2,1H3,(H2,18,19,20)/t15-/m0/s1. The third kappa shape index (κ3) is 6.06. The Morgan fingerprint density at radius 2 is 1.91 bits per heavy atom. The quantitative estimate of drug-likeness (QED) is 0.783. The van der Waals surface area contributed by atoms with Crippen LogP contribution in [-0.4, -0.2) is 33.8 Å². The van der Waals surface area contributed by atoms with Crippen molar-refractivity contribution in [3.8, 4) is 0 Å². The minimum Gasteiger partial charge on any atom is -0.338 e. The van der Waals surface area contributed by atoms with Gasteiger partial charge in [-0.15, -0.1) is 0 Å². The number of urea groups is 1. The molecular weight excluding hydrogens is 312 g/mol. The monoisotopic (exact) mass is 336 g/mol. The minimum atomic E-state index is -3.16. The van der Waals surface area contributed by atoms with Gasteiger partial charge in [-0.3, -0.25) is 0 Å². The highest BCUT2D eigenvalue weighted by molar-refractivity contribution is 7.90. The van der Waals surface area contributed by atoms with Gasteiger partial charge >= 0.3 is 6.03 Å². The molecule has 0 spiro atoms. The first-order valence-corrected chi connectivity index (χ1v) is 9.80. The van der Waals surface area contributed by atoms with Crippen LogP contribution in [0.1, 0.15) is 24.8 Å². The molecule has 0 bridgehead atoms. The number of allylic oxidation sites excluding steroid dienone is 2. The third-order valence-electron chi connectivity index (χ3n) is 3.98. The molecule has 1 aromatic carbocycles. The molecule has 126 valence electrons. The molecule has 1 atom stereocenters. The summed E-state index contributed by atoms with van der Waals surface area (Å²) in [6.45, 7) is 1.23. The van der Waals surface area contributed by atoms with E-state index in [1.54, 1.807) is 24.3 Å². The SMILES string of the molecule is CS(=O)(=O)c1ccc(CCNC(=O)NC[C@H]2CC=CCC2)cc1. The molecule has 1 aliphatic carbocycles. The van der Waals surface area contributed by atoms with Gasteiger partial charge in [0.15, 0.2) is 9.84 Å². The van der Waals surface area contributed by atoms with Crippen LogP contribution in [0.4, 0.5) is 4.79 Å². The summed E-state index contributed by atoms with van der Waals surface area (Å²) in [7, 11) is -3.16. The molecular formula is C17H24N2O3S. The van der Waals surface area contributed by atoms with Gasteiger partial charge in [0, 0.05) is 19.3 Å². The molecule has 1 aromatic rings. The van der Waals surface area contributed by atoms with Crippen LogP contribution in [0.5, 0.6) is 0 Å². The summed E-state index contributed by atoms with van der Waals surface area (Å²) >= 11 is 0. The molecule has 0 fully saturated rings. The number of carbonyl (C=O) groups is 1. The zero-order valence-corrected chi connectivity index (χ0v) is 14.2. The van der Waals surface area contributed by atoms with Crippen LogP contribution < -0.4 is 10.6 Å². The average molecular weight is 336 g/mol. The Balaban J connectivity index is 1.68. The summed E-state index contributed by atoms with van der Waals surface area (Å²) in [5.74, 6) is 0.536. The van der Waals surface area contributed by atoms with E-state index in [1.165, 1.54) is 6.26 Å². The highest BCUT2D eigenvalue weighted by Gasteiger charge is 2.11. The highest BCUT2D eigenvalue weighted by Crippen LogP contribution is 2.16. The van der Waals surface area contributed by atoms with Crippen LogP contribution in [0.2, 0.25) is 0 Å². The van der Waals surface area contributed by atoms with Crippen LogP contribution in [0.3, 0.4) is 0 Å². The lowest BCUT2D eigenvalue weighted by Gasteiger charge is -2.18. The fourth-order valence-electron chi connectivity index (χ4n) is 2.56. The Bertz CT molecular complexity index is 651. The van der Waals surface area contributed by atoms with Gasteiger partial charge in [-0.2, -0.15) is 0 Å². The zero-order valence-electron chi connectivity index (χ0n) is 13.4. The van der Waals surface area contributed by atoms with Crippen molar-refractivity contribution in [1.82, 2.24) is 10.6 Å². The van der Waals surface area contributed by atoms with Crippen molar-refractivity contribution >= 4 is 15.9 Å². The number of benzene rings is 1. The van der Waals surface area contributed by atoms with E-state index in [2.05, 4.69) is 22.8 Å². The predicted molar refractivity (Wildman–Crippen MR) is 91.1 cm³/mol. The molecule has 1 aliphatic rings. The molecule has 2 N–H and O–H groups in total. The lowest BCUT2D eigenvalue weighted by Crippen LogP contribution is -2.39. The Morgan fingerprint density at radius 1 is 1.17 bits per heavy atom. The second kappa shape index (κ2) is 8.15. The smallest absolute Gasteiger partial charge is 0.314 e. The van der Waals surface area contributed by atoms with E-state index in [4.69, 9.17) is 0 Å². The summed E-state index contributed by atoms with van der Waals surface area (Å²) < 4.78 is 22.8. The van der Waals surface area contributed by atoms with Crippen molar-refractivity contribution in [1.29, 1.82) is 0 Å². The van der Waals surface area contributed by atoms with Crippen molar-refractivity contribution < 1.29 is 13.2 Å². The molecule has 2 rings (SSSR count). The molecule has 0 unspecified atom stereocenters. The first-order valence-electron chi connectivity index (χ1n) is 7.91. The molecule has 2 amide bonds. The van der Waals surface area contributed by atoms with Crippen LogP contribution in [0.15, 0.2) is 41.3 Å². The lowest BCUT2D eigenvalue weighted by molar-refractivity contribution is 0.238. The Labute approximate surface area is 138 Å². The maximum absolute atomic E-state index is 11.7.